The molecule has 0 N–H and O–H groups in total. The molecular formula is C7H8AsF5OS. The third kappa shape index (κ3) is 13.6. The van der Waals surface area contributed by atoms with Crippen molar-refractivity contribution >= 4 is 27.4 Å². The number of methoxy groups -OCH3 is 1. The van der Waals surface area contributed by atoms with E-state index in [4.69, 9.17) is 4.74 Å². The number of halogens is 5. The van der Waals surface area contributed by atoms with Crippen LogP contribution in [0.25, 0.3) is 0 Å². The molecule has 0 aliphatic rings. The summed E-state index contributed by atoms with van der Waals surface area (Å²) in [6, 6.07) is 7.54. The summed E-state index contributed by atoms with van der Waals surface area (Å²) < 4.78 is 54.4. The summed E-state index contributed by atoms with van der Waals surface area (Å²) in [5.41, 5.74) is 0. The quantitative estimate of drug-likeness (QED) is 0.473. The molecule has 1 rings (SSSR count). The zero-order valence-electron chi connectivity index (χ0n) is 7.50. The van der Waals surface area contributed by atoms with Gasteiger partial charge in [-0.05, 0) is 24.3 Å². The number of hydrogen-bond donors (Lipinski definition) is 1. The van der Waals surface area contributed by atoms with Crippen molar-refractivity contribution < 1.29 is 22.1 Å². The fraction of sp³-hybridized carbons (Fsp3) is 0.143. The van der Waals surface area contributed by atoms with E-state index < -0.39 is 14.8 Å². The average Bonchev–Trinajstić information content (AvgIpc) is 2.01. The van der Waals surface area contributed by atoms with Crippen molar-refractivity contribution in [3.05, 3.63) is 24.3 Å². The van der Waals surface area contributed by atoms with Gasteiger partial charge in [-0.15, -0.1) is 12.6 Å². The number of thiol groups is 1. The van der Waals surface area contributed by atoms with Gasteiger partial charge < -0.3 is 4.74 Å². The minimum absolute atomic E-state index is 0.868. The first kappa shape index (κ1) is 14.6. The summed E-state index contributed by atoms with van der Waals surface area (Å²) >= 11 is -4.87. The minimum atomic E-state index is -8.99. The maximum atomic E-state index is 9.89. The Morgan fingerprint density at radius 2 is 1.33 bits per heavy atom. The van der Waals surface area contributed by atoms with Crippen molar-refractivity contribution in [1.29, 1.82) is 0 Å². The van der Waals surface area contributed by atoms with Gasteiger partial charge in [0.1, 0.15) is 5.75 Å². The number of hydrogen-bond acceptors (Lipinski definition) is 2. The van der Waals surface area contributed by atoms with Crippen molar-refractivity contribution in [2.45, 2.75) is 4.90 Å². The van der Waals surface area contributed by atoms with E-state index in [9.17, 15) is 17.3 Å². The molecule has 0 atom stereocenters. The van der Waals surface area contributed by atoms with Crippen LogP contribution in [0.3, 0.4) is 0 Å². The van der Waals surface area contributed by atoms with Gasteiger partial charge in [0.2, 0.25) is 0 Å². The molecule has 0 saturated heterocycles. The summed E-state index contributed by atoms with van der Waals surface area (Å²) in [6.07, 6.45) is 0. The molecule has 0 radical (unpaired) electrons. The molecule has 1 aromatic rings. The SMILES string of the molecule is COc1ccc(S)cc1.F[As](F)(F)(F)F. The Kier molecular flexibility index (Phi) is 4.93. The second kappa shape index (κ2) is 5.07. The van der Waals surface area contributed by atoms with Gasteiger partial charge in [0.15, 0.2) is 0 Å². The van der Waals surface area contributed by atoms with Crippen LogP contribution < -0.4 is 4.74 Å². The summed E-state index contributed by atoms with van der Waals surface area (Å²) in [7, 11) is 1.65. The molecule has 88 valence electrons. The molecule has 0 unspecified atom stereocenters. The predicted octanol–water partition coefficient (Wildman–Crippen LogP) is 3.70. The first-order valence-corrected chi connectivity index (χ1v) is 7.50. The van der Waals surface area contributed by atoms with Crippen LogP contribution in [0, 0.1) is 0 Å². The predicted molar refractivity (Wildman–Crippen MR) is 51.5 cm³/mol. The fourth-order valence-electron chi connectivity index (χ4n) is 0.582. The first-order chi connectivity index (χ1) is 6.56. The second-order valence-corrected chi connectivity index (χ2v) is 5.53. The molecule has 1 aromatic carbocycles. The molecule has 0 fully saturated rings. The number of ether oxygens (including phenoxy) is 1. The van der Waals surface area contributed by atoms with E-state index in [1.807, 2.05) is 24.3 Å². The van der Waals surface area contributed by atoms with E-state index >= 15 is 0 Å². The third-order valence-electron chi connectivity index (χ3n) is 1.07. The zero-order valence-corrected chi connectivity index (χ0v) is 10.3. The van der Waals surface area contributed by atoms with E-state index in [2.05, 4.69) is 12.6 Å². The van der Waals surface area contributed by atoms with E-state index in [1.165, 1.54) is 0 Å². The van der Waals surface area contributed by atoms with Crippen molar-refractivity contribution in [2.75, 3.05) is 7.11 Å². The van der Waals surface area contributed by atoms with Gasteiger partial charge in [0.25, 0.3) is 0 Å². The van der Waals surface area contributed by atoms with Crippen LogP contribution >= 0.6 is 12.6 Å². The van der Waals surface area contributed by atoms with E-state index in [0.29, 0.717) is 0 Å². The topological polar surface area (TPSA) is 9.23 Å². The number of benzene rings is 1. The van der Waals surface area contributed by atoms with E-state index in [-0.39, 0.29) is 0 Å². The standard InChI is InChI=1S/C7H8OS.AsF5/c1-8-6-2-4-7(9)5-3-6;2-1(3,4,5)6/h2-5,9H,1H3;. The van der Waals surface area contributed by atoms with E-state index in [0.717, 1.165) is 10.6 Å². The van der Waals surface area contributed by atoms with Gasteiger partial charge in [0.05, 0.1) is 7.11 Å². The van der Waals surface area contributed by atoms with Crippen molar-refractivity contribution in [1.82, 2.24) is 0 Å². The monoisotopic (exact) mass is 310 g/mol. The van der Waals surface area contributed by atoms with Crippen molar-refractivity contribution in [2.24, 2.45) is 0 Å². The van der Waals surface area contributed by atoms with Crippen LogP contribution in [0.1, 0.15) is 0 Å². The van der Waals surface area contributed by atoms with Gasteiger partial charge >= 0.3 is 32.1 Å². The zero-order chi connectivity index (χ0) is 12.1. The Balaban J connectivity index is 0.000000288. The molecule has 1 nitrogen and oxygen atoms in total. The summed E-state index contributed by atoms with van der Waals surface area (Å²) in [5, 5.41) is 0. The van der Waals surface area contributed by atoms with Gasteiger partial charge in [0, 0.05) is 4.90 Å². The molecule has 0 aliphatic carbocycles. The Hall–Kier alpha value is -0.422. The Morgan fingerprint density at radius 3 is 1.60 bits per heavy atom. The molecule has 0 aliphatic heterocycles. The number of rotatable bonds is 1. The Bertz CT molecular complexity index is 290. The molecule has 0 aromatic heterocycles. The average molecular weight is 310 g/mol. The normalized spacial score (nSPS) is 13.1. The van der Waals surface area contributed by atoms with Crippen LogP contribution in [-0.2, 0) is 0 Å². The van der Waals surface area contributed by atoms with Crippen LogP contribution in [0.4, 0.5) is 17.3 Å². The fourth-order valence-corrected chi connectivity index (χ4v) is 0.731. The Labute approximate surface area is 91.8 Å². The van der Waals surface area contributed by atoms with Gasteiger partial charge in [-0.1, -0.05) is 0 Å². The molecule has 0 spiro atoms. The molecule has 0 amide bonds. The summed E-state index contributed by atoms with van der Waals surface area (Å²) in [5.74, 6) is 0.868. The molecule has 0 heterocycles. The molecule has 0 bridgehead atoms. The van der Waals surface area contributed by atoms with Gasteiger partial charge in [-0.2, -0.15) is 0 Å². The molecular weight excluding hydrogens is 302 g/mol. The molecule has 15 heavy (non-hydrogen) atoms. The maximum absolute atomic E-state index is 9.89. The van der Waals surface area contributed by atoms with Crippen molar-refractivity contribution in [3.63, 3.8) is 0 Å². The van der Waals surface area contributed by atoms with Crippen LogP contribution in [0.2, 0.25) is 0 Å². The third-order valence-corrected chi connectivity index (χ3v) is 1.37. The summed E-state index contributed by atoms with van der Waals surface area (Å²) in [4.78, 5) is 0.954. The summed E-state index contributed by atoms with van der Waals surface area (Å²) in [6.45, 7) is 0. The molecule has 0 saturated carbocycles. The first-order valence-electron chi connectivity index (χ1n) is 3.50. The Morgan fingerprint density at radius 1 is 1.00 bits per heavy atom. The molecule has 8 heteroatoms. The van der Waals surface area contributed by atoms with Crippen LogP contribution in [-0.4, -0.2) is 21.9 Å². The second-order valence-electron chi connectivity index (χ2n) is 2.34. The van der Waals surface area contributed by atoms with E-state index in [1.54, 1.807) is 7.11 Å². The van der Waals surface area contributed by atoms with Gasteiger partial charge in [-0.25, -0.2) is 0 Å². The van der Waals surface area contributed by atoms with Crippen LogP contribution in [0.15, 0.2) is 29.2 Å². The van der Waals surface area contributed by atoms with Crippen molar-refractivity contribution in [3.8, 4) is 5.75 Å². The van der Waals surface area contributed by atoms with Gasteiger partial charge in [-0.3, -0.25) is 0 Å². The van der Waals surface area contributed by atoms with Crippen LogP contribution in [0.5, 0.6) is 5.75 Å².